The van der Waals surface area contributed by atoms with E-state index in [1.165, 1.54) is 0 Å². The molecule has 2 heterocycles. The van der Waals surface area contributed by atoms with Crippen molar-refractivity contribution in [3.05, 3.63) is 59.4 Å². The number of nitrogens with zero attached hydrogens (tertiary/aromatic N) is 3. The van der Waals surface area contributed by atoms with Gasteiger partial charge >= 0.3 is 0 Å². The normalized spacial score (nSPS) is 20.1. The second-order valence-corrected chi connectivity index (χ2v) is 6.00. The van der Waals surface area contributed by atoms with Gasteiger partial charge in [0.1, 0.15) is 11.8 Å². The first-order chi connectivity index (χ1) is 11.7. The van der Waals surface area contributed by atoms with Gasteiger partial charge in [-0.2, -0.15) is 5.26 Å². The van der Waals surface area contributed by atoms with E-state index in [1.807, 2.05) is 30.5 Å². The van der Waals surface area contributed by atoms with Crippen molar-refractivity contribution in [2.75, 3.05) is 20.8 Å². The van der Waals surface area contributed by atoms with Crippen LogP contribution in [0.15, 0.2) is 42.7 Å². The number of aromatic nitrogens is 1. The summed E-state index contributed by atoms with van der Waals surface area (Å²) in [6.07, 6.45) is 4.67. The van der Waals surface area contributed by atoms with Crippen LogP contribution in [0.5, 0.6) is 5.75 Å². The van der Waals surface area contributed by atoms with Gasteiger partial charge in [-0.15, -0.1) is 0 Å². The maximum atomic E-state index is 9.24. The van der Waals surface area contributed by atoms with Crippen LogP contribution < -0.4 is 4.74 Å². The molecule has 1 saturated heterocycles. The van der Waals surface area contributed by atoms with Gasteiger partial charge in [0, 0.05) is 37.2 Å². The van der Waals surface area contributed by atoms with Gasteiger partial charge in [-0.3, -0.25) is 9.88 Å². The molecular formula is C19H21N3O2. The van der Waals surface area contributed by atoms with E-state index in [2.05, 4.69) is 29.1 Å². The van der Waals surface area contributed by atoms with Crippen LogP contribution in [0.25, 0.3) is 0 Å². The lowest BCUT2D eigenvalue weighted by atomic mass is 10.0. The number of hydrogen-bond acceptors (Lipinski definition) is 5. The Kier molecular flexibility index (Phi) is 5.09. The molecule has 0 N–H and O–H groups in total. The van der Waals surface area contributed by atoms with Gasteiger partial charge in [-0.1, -0.05) is 12.1 Å². The average molecular weight is 323 g/mol. The number of hydrogen-bond donors (Lipinski definition) is 0. The van der Waals surface area contributed by atoms with Crippen molar-refractivity contribution in [1.82, 2.24) is 9.88 Å². The van der Waals surface area contributed by atoms with Crippen molar-refractivity contribution in [1.29, 1.82) is 5.26 Å². The lowest BCUT2D eigenvalue weighted by Gasteiger charge is -2.28. The predicted molar refractivity (Wildman–Crippen MR) is 90.5 cm³/mol. The Hall–Kier alpha value is -2.42. The highest BCUT2D eigenvalue weighted by Crippen LogP contribution is 2.32. The number of rotatable bonds is 5. The molecule has 1 aromatic carbocycles. The summed E-state index contributed by atoms with van der Waals surface area (Å²) in [5.41, 5.74) is 2.76. The van der Waals surface area contributed by atoms with E-state index in [4.69, 9.17) is 9.47 Å². The highest BCUT2D eigenvalue weighted by atomic mass is 16.5. The molecule has 0 spiro atoms. The zero-order valence-corrected chi connectivity index (χ0v) is 14.0. The van der Waals surface area contributed by atoms with Gasteiger partial charge in [0.25, 0.3) is 0 Å². The number of pyridine rings is 1. The molecule has 0 amide bonds. The highest BCUT2D eigenvalue weighted by molar-refractivity contribution is 5.45. The first kappa shape index (κ1) is 16.4. The molecule has 2 aromatic rings. The van der Waals surface area contributed by atoms with E-state index in [0.717, 1.165) is 30.7 Å². The molecule has 0 radical (unpaired) electrons. The van der Waals surface area contributed by atoms with E-state index in [-0.39, 0.29) is 6.10 Å². The van der Waals surface area contributed by atoms with Crippen LogP contribution >= 0.6 is 0 Å². The summed E-state index contributed by atoms with van der Waals surface area (Å²) in [4.78, 5) is 6.49. The third-order valence-electron chi connectivity index (χ3n) is 4.46. The van der Waals surface area contributed by atoms with Crippen molar-refractivity contribution in [3.8, 4) is 11.8 Å². The van der Waals surface area contributed by atoms with Crippen LogP contribution in [0, 0.1) is 11.3 Å². The number of benzene rings is 1. The highest BCUT2D eigenvalue weighted by Gasteiger charge is 2.32. The van der Waals surface area contributed by atoms with Crippen LogP contribution in [-0.2, 0) is 11.3 Å². The third kappa shape index (κ3) is 3.40. The standard InChI is InChI=1S/C19H21N3O2/c1-22(13-14-5-6-18(23-2)16(10-14)11-20)17-7-9-24-19(17)15-4-3-8-21-12-15/h3-6,8,10,12,17,19H,7,9,13H2,1-2H3/t17-,19+/m0/s1. The summed E-state index contributed by atoms with van der Waals surface area (Å²) in [7, 11) is 3.68. The molecule has 0 aliphatic carbocycles. The number of methoxy groups -OCH3 is 1. The molecule has 2 atom stereocenters. The molecule has 5 heteroatoms. The molecule has 24 heavy (non-hydrogen) atoms. The van der Waals surface area contributed by atoms with Crippen LogP contribution in [0.3, 0.4) is 0 Å². The molecule has 5 nitrogen and oxygen atoms in total. The molecule has 0 bridgehead atoms. The summed E-state index contributed by atoms with van der Waals surface area (Å²) >= 11 is 0. The van der Waals surface area contributed by atoms with Gasteiger partial charge in [0.15, 0.2) is 0 Å². The first-order valence-electron chi connectivity index (χ1n) is 8.01. The number of nitriles is 1. The lowest BCUT2D eigenvalue weighted by Crippen LogP contribution is -2.33. The van der Waals surface area contributed by atoms with E-state index in [1.54, 1.807) is 13.3 Å². The second-order valence-electron chi connectivity index (χ2n) is 6.00. The Morgan fingerprint density at radius 1 is 1.42 bits per heavy atom. The van der Waals surface area contributed by atoms with E-state index >= 15 is 0 Å². The molecule has 3 rings (SSSR count). The van der Waals surface area contributed by atoms with Crippen LogP contribution in [-0.4, -0.2) is 36.7 Å². The fraction of sp³-hybridized carbons (Fsp3) is 0.368. The molecular weight excluding hydrogens is 302 g/mol. The molecule has 124 valence electrons. The van der Waals surface area contributed by atoms with Crippen LogP contribution in [0.1, 0.15) is 29.2 Å². The third-order valence-corrected chi connectivity index (χ3v) is 4.46. The summed E-state index contributed by atoms with van der Waals surface area (Å²) in [5, 5.41) is 9.24. The maximum Gasteiger partial charge on any atom is 0.136 e. The molecule has 1 aliphatic heterocycles. The SMILES string of the molecule is COc1ccc(CN(C)[C@H]2CCO[C@@H]2c2cccnc2)cc1C#N. The van der Waals surface area contributed by atoms with Crippen LogP contribution in [0.4, 0.5) is 0 Å². The lowest BCUT2D eigenvalue weighted by molar-refractivity contribution is 0.0670. The van der Waals surface area contributed by atoms with Crippen molar-refractivity contribution >= 4 is 0 Å². The van der Waals surface area contributed by atoms with E-state index in [9.17, 15) is 5.26 Å². The van der Waals surface area contributed by atoms with E-state index in [0.29, 0.717) is 17.4 Å². The van der Waals surface area contributed by atoms with Crippen molar-refractivity contribution in [2.24, 2.45) is 0 Å². The Morgan fingerprint density at radius 2 is 2.29 bits per heavy atom. The minimum absolute atomic E-state index is 0.0392. The van der Waals surface area contributed by atoms with Crippen molar-refractivity contribution in [2.45, 2.75) is 25.1 Å². The Balaban J connectivity index is 1.75. The smallest absolute Gasteiger partial charge is 0.136 e. The summed E-state index contributed by atoms with van der Waals surface area (Å²) in [5.74, 6) is 0.612. The molecule has 0 unspecified atom stereocenters. The number of ether oxygens (including phenoxy) is 2. The summed E-state index contributed by atoms with van der Waals surface area (Å²) < 4.78 is 11.1. The van der Waals surface area contributed by atoms with E-state index < -0.39 is 0 Å². The molecule has 1 fully saturated rings. The van der Waals surface area contributed by atoms with Gasteiger partial charge in [-0.05, 0) is 37.2 Å². The van der Waals surface area contributed by atoms with Gasteiger partial charge in [-0.25, -0.2) is 0 Å². The Labute approximate surface area is 142 Å². The van der Waals surface area contributed by atoms with Crippen molar-refractivity contribution in [3.63, 3.8) is 0 Å². The fourth-order valence-corrected chi connectivity index (χ4v) is 3.24. The largest absolute Gasteiger partial charge is 0.495 e. The fourth-order valence-electron chi connectivity index (χ4n) is 3.24. The minimum atomic E-state index is 0.0392. The number of likely N-dealkylation sites (N-methyl/N-ethyl adjacent to an activating group) is 1. The van der Waals surface area contributed by atoms with Crippen LogP contribution in [0.2, 0.25) is 0 Å². The monoisotopic (exact) mass is 323 g/mol. The predicted octanol–water partition coefficient (Wildman–Crippen LogP) is 2.92. The van der Waals surface area contributed by atoms with Gasteiger partial charge in [0.2, 0.25) is 0 Å². The topological polar surface area (TPSA) is 58.4 Å². The first-order valence-corrected chi connectivity index (χ1v) is 8.01. The minimum Gasteiger partial charge on any atom is -0.495 e. The van der Waals surface area contributed by atoms with Crippen molar-refractivity contribution < 1.29 is 9.47 Å². The zero-order valence-electron chi connectivity index (χ0n) is 14.0. The molecule has 1 aromatic heterocycles. The Bertz CT molecular complexity index is 727. The Morgan fingerprint density at radius 3 is 3.00 bits per heavy atom. The second kappa shape index (κ2) is 7.43. The van der Waals surface area contributed by atoms with Gasteiger partial charge < -0.3 is 9.47 Å². The quantitative estimate of drug-likeness (QED) is 0.847. The average Bonchev–Trinajstić information content (AvgIpc) is 3.12. The molecule has 0 saturated carbocycles. The molecule has 1 aliphatic rings. The zero-order chi connectivity index (χ0) is 16.9. The maximum absolute atomic E-state index is 9.24. The summed E-state index contributed by atoms with van der Waals surface area (Å²) in [6.45, 7) is 1.50. The van der Waals surface area contributed by atoms with Gasteiger partial charge in [0.05, 0.1) is 18.8 Å². The summed E-state index contributed by atoms with van der Waals surface area (Å²) in [6, 6.07) is 12.2.